The van der Waals surface area contributed by atoms with Gasteiger partial charge in [0.15, 0.2) is 6.29 Å². The Morgan fingerprint density at radius 1 is 0.607 bits per heavy atom. The zero-order valence-corrected chi connectivity index (χ0v) is 35.4. The van der Waals surface area contributed by atoms with Gasteiger partial charge in [0, 0.05) is 6.42 Å². The van der Waals surface area contributed by atoms with E-state index in [2.05, 4.69) is 67.8 Å². The van der Waals surface area contributed by atoms with Crippen molar-refractivity contribution >= 4 is 5.91 Å². The van der Waals surface area contributed by atoms with Crippen LogP contribution in [0.1, 0.15) is 174 Å². The molecule has 1 aliphatic rings. The van der Waals surface area contributed by atoms with Crippen LogP contribution in [-0.4, -0.2) is 87.5 Å². The highest BCUT2D eigenvalue weighted by Gasteiger charge is 2.44. The molecule has 56 heavy (non-hydrogen) atoms. The van der Waals surface area contributed by atoms with Crippen LogP contribution in [0, 0.1) is 0 Å². The van der Waals surface area contributed by atoms with E-state index >= 15 is 0 Å². The second kappa shape index (κ2) is 37.2. The number of hydrogen-bond donors (Lipinski definition) is 6. The Morgan fingerprint density at radius 3 is 1.64 bits per heavy atom. The number of carbonyl (C=O) groups is 1. The van der Waals surface area contributed by atoms with Crippen molar-refractivity contribution in [3.8, 4) is 0 Å². The van der Waals surface area contributed by atoms with Gasteiger partial charge in [-0.1, -0.05) is 152 Å². The molecule has 1 aliphatic heterocycles. The van der Waals surface area contributed by atoms with Crippen LogP contribution in [-0.2, 0) is 14.3 Å². The smallest absolute Gasteiger partial charge is 0.220 e. The normalized spacial score (nSPS) is 21.7. The highest BCUT2D eigenvalue weighted by molar-refractivity contribution is 5.76. The third-order valence-corrected chi connectivity index (χ3v) is 10.3. The molecular formula is C47H83NO8. The molecule has 0 aliphatic carbocycles. The Balaban J connectivity index is 2.42. The van der Waals surface area contributed by atoms with Crippen LogP contribution in [0.15, 0.2) is 60.8 Å². The molecule has 1 heterocycles. The van der Waals surface area contributed by atoms with Crippen LogP contribution in [0.4, 0.5) is 0 Å². The first kappa shape index (κ1) is 51.9. The average Bonchev–Trinajstić information content (AvgIpc) is 3.20. The largest absolute Gasteiger partial charge is 0.394 e. The standard InChI is InChI=1S/C47H83NO8/c1-3-5-7-9-11-13-15-17-19-21-23-25-27-29-31-33-35-37-43(51)48-40(39-55-47-46(54)45(53)44(52)42(38-49)56-47)41(50)36-34-32-30-28-26-24-22-20-18-16-14-12-10-8-6-4-2/h11,13,17-20,26,28,34,36,40-42,44-47,49-50,52-54H,3-10,12,14-16,21-25,27,29-33,35,37-39H2,1-2H3,(H,48,51)/b13-11-,19-17-,20-18+,28-26+,36-34+. The Labute approximate surface area is 341 Å². The predicted molar refractivity (Wildman–Crippen MR) is 230 cm³/mol. The van der Waals surface area contributed by atoms with Gasteiger partial charge in [0.25, 0.3) is 0 Å². The van der Waals surface area contributed by atoms with Crippen molar-refractivity contribution in [3.05, 3.63) is 60.8 Å². The summed E-state index contributed by atoms with van der Waals surface area (Å²) in [6.07, 6.45) is 41.1. The summed E-state index contributed by atoms with van der Waals surface area (Å²) in [5.74, 6) is -0.202. The molecule has 0 bridgehead atoms. The van der Waals surface area contributed by atoms with E-state index in [1.165, 1.54) is 83.5 Å². The summed E-state index contributed by atoms with van der Waals surface area (Å²) in [6.45, 7) is 3.69. The molecule has 0 radical (unpaired) electrons. The SMILES string of the molecule is CCCCC/C=C\C/C=C\CCCCCCCCCC(=O)NC(COC1OC(CO)C(O)C(O)C1O)C(O)/C=C/CC/C=C/CC/C=C/CCCCCCCC. The van der Waals surface area contributed by atoms with Crippen molar-refractivity contribution in [1.82, 2.24) is 5.32 Å². The van der Waals surface area contributed by atoms with Gasteiger partial charge < -0.3 is 40.3 Å². The lowest BCUT2D eigenvalue weighted by Gasteiger charge is -2.40. The lowest BCUT2D eigenvalue weighted by molar-refractivity contribution is -0.302. The van der Waals surface area contributed by atoms with Crippen LogP contribution in [0.3, 0.4) is 0 Å². The average molecular weight is 790 g/mol. The number of aliphatic hydroxyl groups excluding tert-OH is 5. The second-order valence-corrected chi connectivity index (χ2v) is 15.5. The lowest BCUT2D eigenvalue weighted by atomic mass is 9.99. The fourth-order valence-corrected chi connectivity index (χ4v) is 6.63. The Hall–Kier alpha value is -2.11. The second-order valence-electron chi connectivity index (χ2n) is 15.5. The maximum atomic E-state index is 12.9. The van der Waals surface area contributed by atoms with Gasteiger partial charge in [0.1, 0.15) is 24.4 Å². The Bertz CT molecular complexity index is 1060. The molecule has 1 amide bonds. The van der Waals surface area contributed by atoms with Gasteiger partial charge in [0.05, 0.1) is 25.4 Å². The summed E-state index contributed by atoms with van der Waals surface area (Å²) in [5.41, 5.74) is 0. The molecule has 0 aromatic rings. The minimum atomic E-state index is -1.58. The molecule has 6 N–H and O–H groups in total. The zero-order valence-electron chi connectivity index (χ0n) is 35.4. The first-order chi connectivity index (χ1) is 27.3. The number of nitrogens with one attached hydrogen (secondary N) is 1. The molecule has 0 saturated carbocycles. The fraction of sp³-hybridized carbons (Fsp3) is 0.766. The summed E-state index contributed by atoms with van der Waals surface area (Å²) < 4.78 is 11.2. The molecular weight excluding hydrogens is 707 g/mol. The highest BCUT2D eigenvalue weighted by atomic mass is 16.7. The molecule has 9 heteroatoms. The van der Waals surface area contributed by atoms with E-state index in [1.54, 1.807) is 6.08 Å². The number of carbonyl (C=O) groups excluding carboxylic acids is 1. The maximum absolute atomic E-state index is 12.9. The number of amides is 1. The van der Waals surface area contributed by atoms with E-state index in [9.17, 15) is 30.3 Å². The molecule has 1 fully saturated rings. The molecule has 1 saturated heterocycles. The minimum absolute atomic E-state index is 0.202. The first-order valence-electron chi connectivity index (χ1n) is 22.5. The van der Waals surface area contributed by atoms with E-state index < -0.39 is 49.5 Å². The lowest BCUT2D eigenvalue weighted by Crippen LogP contribution is -2.60. The summed E-state index contributed by atoms with van der Waals surface area (Å²) in [6, 6.07) is -0.833. The van der Waals surface area contributed by atoms with E-state index in [1.807, 2.05) is 6.08 Å². The molecule has 9 nitrogen and oxygen atoms in total. The summed E-state index contributed by atoms with van der Waals surface area (Å²) in [4.78, 5) is 12.9. The number of aliphatic hydroxyl groups is 5. The van der Waals surface area contributed by atoms with Crippen molar-refractivity contribution in [3.63, 3.8) is 0 Å². The van der Waals surface area contributed by atoms with Crippen LogP contribution in [0.5, 0.6) is 0 Å². The number of ether oxygens (including phenoxy) is 2. The van der Waals surface area contributed by atoms with Crippen LogP contribution in [0.25, 0.3) is 0 Å². The third-order valence-electron chi connectivity index (χ3n) is 10.3. The fourth-order valence-electron chi connectivity index (χ4n) is 6.63. The van der Waals surface area contributed by atoms with E-state index in [0.29, 0.717) is 6.42 Å². The molecule has 0 aromatic carbocycles. The topological polar surface area (TPSA) is 149 Å². The first-order valence-corrected chi connectivity index (χ1v) is 22.5. The molecule has 0 aromatic heterocycles. The summed E-state index contributed by atoms with van der Waals surface area (Å²) in [5, 5.41) is 54.1. The van der Waals surface area contributed by atoms with Gasteiger partial charge in [0.2, 0.25) is 5.91 Å². The summed E-state index contributed by atoms with van der Waals surface area (Å²) >= 11 is 0. The minimum Gasteiger partial charge on any atom is -0.394 e. The van der Waals surface area contributed by atoms with Gasteiger partial charge in [-0.05, 0) is 77.0 Å². The molecule has 7 atom stereocenters. The monoisotopic (exact) mass is 790 g/mol. The number of allylic oxidation sites excluding steroid dienone is 9. The predicted octanol–water partition coefficient (Wildman–Crippen LogP) is 9.22. The molecule has 7 unspecified atom stereocenters. The van der Waals surface area contributed by atoms with Crippen LogP contribution >= 0.6 is 0 Å². The van der Waals surface area contributed by atoms with Crippen molar-refractivity contribution < 1.29 is 39.8 Å². The third kappa shape index (κ3) is 27.5. The van der Waals surface area contributed by atoms with Gasteiger partial charge in [-0.15, -0.1) is 0 Å². The highest BCUT2D eigenvalue weighted by Crippen LogP contribution is 2.22. The Morgan fingerprint density at radius 2 is 1.07 bits per heavy atom. The van der Waals surface area contributed by atoms with E-state index in [0.717, 1.165) is 70.6 Å². The van der Waals surface area contributed by atoms with Crippen molar-refractivity contribution in [2.24, 2.45) is 0 Å². The Kier molecular flexibility index (Phi) is 34.5. The quantitative estimate of drug-likeness (QED) is 0.0272. The molecule has 1 rings (SSSR count). The molecule has 324 valence electrons. The van der Waals surface area contributed by atoms with Gasteiger partial charge in [-0.3, -0.25) is 4.79 Å². The van der Waals surface area contributed by atoms with E-state index in [-0.39, 0.29) is 12.5 Å². The van der Waals surface area contributed by atoms with Gasteiger partial charge >= 0.3 is 0 Å². The number of rotatable bonds is 36. The number of unbranched alkanes of at least 4 members (excludes halogenated alkanes) is 18. The van der Waals surface area contributed by atoms with E-state index in [4.69, 9.17) is 9.47 Å². The molecule has 0 spiro atoms. The number of hydrogen-bond acceptors (Lipinski definition) is 8. The van der Waals surface area contributed by atoms with Gasteiger partial charge in [-0.25, -0.2) is 0 Å². The van der Waals surface area contributed by atoms with Crippen molar-refractivity contribution in [2.45, 2.75) is 217 Å². The van der Waals surface area contributed by atoms with Crippen molar-refractivity contribution in [1.29, 1.82) is 0 Å². The maximum Gasteiger partial charge on any atom is 0.220 e. The van der Waals surface area contributed by atoms with Crippen LogP contribution in [0.2, 0.25) is 0 Å². The van der Waals surface area contributed by atoms with Crippen molar-refractivity contribution in [2.75, 3.05) is 13.2 Å². The van der Waals surface area contributed by atoms with Gasteiger partial charge in [-0.2, -0.15) is 0 Å². The van der Waals surface area contributed by atoms with Crippen LogP contribution < -0.4 is 5.32 Å². The zero-order chi connectivity index (χ0) is 40.9. The summed E-state index contributed by atoms with van der Waals surface area (Å²) in [7, 11) is 0.